The van der Waals surface area contributed by atoms with Crippen molar-refractivity contribution in [1.82, 2.24) is 36.1 Å². The van der Waals surface area contributed by atoms with Gasteiger partial charge in [0.05, 0.1) is 65.3 Å². The van der Waals surface area contributed by atoms with Gasteiger partial charge in [0.1, 0.15) is 12.1 Å². The molecular formula is C54H83BrN8O10. The fraction of sp³-hybridized carbons (Fsp3) is 0.630. The Bertz CT molecular complexity index is 2150. The molecular weight excluding hydrogens is 1000 g/mol. The zero-order valence-corrected chi connectivity index (χ0v) is 47.1. The number of rotatable bonds is 28. The number of esters is 1. The van der Waals surface area contributed by atoms with Gasteiger partial charge in [-0.2, -0.15) is 5.10 Å². The third-order valence-corrected chi connectivity index (χ3v) is 14.3. The molecule has 1 fully saturated rings. The van der Waals surface area contributed by atoms with Crippen LogP contribution in [0.15, 0.2) is 59.7 Å². The summed E-state index contributed by atoms with van der Waals surface area (Å²) in [5, 5.41) is 13.0. The first-order valence-corrected chi connectivity index (χ1v) is 26.6. The Morgan fingerprint density at radius 2 is 1.45 bits per heavy atom. The summed E-state index contributed by atoms with van der Waals surface area (Å²) >= 11 is 3.06. The third-order valence-electron chi connectivity index (χ3n) is 13.8. The molecule has 0 bridgehead atoms. The van der Waals surface area contributed by atoms with Gasteiger partial charge in [0.25, 0.3) is 0 Å². The minimum atomic E-state index is -0.885. The van der Waals surface area contributed by atoms with Crippen molar-refractivity contribution in [2.24, 2.45) is 28.8 Å². The lowest BCUT2D eigenvalue weighted by Gasteiger charge is -2.41. The number of hydrogen-bond donors (Lipinski definition) is 4. The number of nitrogens with zero attached hydrogens (tertiary/aromatic N) is 4. The molecule has 0 unspecified atom stereocenters. The minimum Gasteiger partial charge on any atom is -0.452 e. The average Bonchev–Trinajstić information content (AvgIpc) is 3.85. The monoisotopic (exact) mass is 1080 g/mol. The second-order valence-electron chi connectivity index (χ2n) is 20.0. The number of ether oxygens (including phenoxy) is 3. The number of halogens is 1. The summed E-state index contributed by atoms with van der Waals surface area (Å²) in [4.78, 5) is 99.3. The quantitative estimate of drug-likeness (QED) is 0.0362. The van der Waals surface area contributed by atoms with E-state index in [4.69, 9.17) is 14.2 Å². The second-order valence-corrected chi connectivity index (χ2v) is 20.6. The van der Waals surface area contributed by atoms with Crippen molar-refractivity contribution in [2.75, 3.05) is 53.8 Å². The van der Waals surface area contributed by atoms with E-state index in [0.29, 0.717) is 42.6 Å². The first-order chi connectivity index (χ1) is 34.5. The van der Waals surface area contributed by atoms with E-state index in [2.05, 4.69) is 42.4 Å². The van der Waals surface area contributed by atoms with Crippen LogP contribution in [0.4, 0.5) is 0 Å². The molecule has 0 spiro atoms. The van der Waals surface area contributed by atoms with Crippen LogP contribution in [0, 0.1) is 23.7 Å². The lowest BCUT2D eigenvalue weighted by Crippen LogP contribution is -2.59. The number of likely N-dealkylation sites (tertiary alicyclic amines) is 1. The molecule has 4 N–H and O–H groups in total. The van der Waals surface area contributed by atoms with Crippen molar-refractivity contribution in [3.63, 3.8) is 0 Å². The van der Waals surface area contributed by atoms with Gasteiger partial charge in [-0.1, -0.05) is 113 Å². The number of nitrogens with one attached hydrogen (secondary N) is 4. The van der Waals surface area contributed by atoms with E-state index >= 15 is 0 Å². The van der Waals surface area contributed by atoms with Gasteiger partial charge in [-0.3, -0.25) is 33.7 Å². The Morgan fingerprint density at radius 1 is 0.822 bits per heavy atom. The second kappa shape index (κ2) is 30.2. The summed E-state index contributed by atoms with van der Waals surface area (Å²) in [6, 6.07) is 12.8. The van der Waals surface area contributed by atoms with Crippen LogP contribution in [0.3, 0.4) is 0 Å². The van der Waals surface area contributed by atoms with Crippen molar-refractivity contribution in [3.05, 3.63) is 71.3 Å². The molecule has 1 aliphatic heterocycles. The summed E-state index contributed by atoms with van der Waals surface area (Å²) in [5.74, 6) is -3.24. The zero-order valence-electron chi connectivity index (χ0n) is 45.5. The molecule has 10 atom stereocenters. The molecule has 0 aromatic heterocycles. The van der Waals surface area contributed by atoms with Gasteiger partial charge in [0, 0.05) is 40.8 Å². The van der Waals surface area contributed by atoms with E-state index in [1.54, 1.807) is 69.0 Å². The molecule has 18 nitrogen and oxygen atoms in total. The van der Waals surface area contributed by atoms with E-state index in [9.17, 15) is 33.6 Å². The number of methoxy groups -OCH3 is 2. The number of carbonyl (C=O) groups is 7. The number of carbonyl (C=O) groups excluding carboxylic acids is 7. The van der Waals surface area contributed by atoms with Crippen LogP contribution in [0.5, 0.6) is 0 Å². The highest BCUT2D eigenvalue weighted by molar-refractivity contribution is 9.09. The van der Waals surface area contributed by atoms with Crippen LogP contribution in [-0.4, -0.2) is 158 Å². The van der Waals surface area contributed by atoms with Crippen LogP contribution < -0.4 is 21.4 Å². The highest BCUT2D eigenvalue weighted by Gasteiger charge is 2.43. The van der Waals surface area contributed by atoms with Crippen molar-refractivity contribution in [3.8, 4) is 0 Å². The van der Waals surface area contributed by atoms with Gasteiger partial charge >= 0.3 is 5.97 Å². The van der Waals surface area contributed by atoms with Crippen molar-refractivity contribution in [1.29, 1.82) is 0 Å². The number of hydrogen-bond acceptors (Lipinski definition) is 12. The first kappa shape index (κ1) is 62.1. The highest BCUT2D eigenvalue weighted by atomic mass is 79.9. The third kappa shape index (κ3) is 17.7. The number of amides is 6. The molecule has 1 heterocycles. The fourth-order valence-corrected chi connectivity index (χ4v) is 9.80. The number of hydrazone groups is 1. The smallest absolute Gasteiger partial charge is 0.338 e. The van der Waals surface area contributed by atoms with Crippen LogP contribution in [0.25, 0.3) is 0 Å². The van der Waals surface area contributed by atoms with E-state index in [0.717, 1.165) is 0 Å². The van der Waals surface area contributed by atoms with E-state index in [-0.39, 0.29) is 83.5 Å². The Labute approximate surface area is 441 Å². The largest absolute Gasteiger partial charge is 0.452 e. The average molecular weight is 1080 g/mol. The number of benzene rings is 2. The van der Waals surface area contributed by atoms with Gasteiger partial charge < -0.3 is 40.0 Å². The van der Waals surface area contributed by atoms with Gasteiger partial charge in [-0.15, -0.1) is 0 Å². The number of alkyl halides is 1. The predicted octanol–water partition coefficient (Wildman–Crippen LogP) is 5.48. The van der Waals surface area contributed by atoms with Crippen LogP contribution in [0.1, 0.15) is 122 Å². The summed E-state index contributed by atoms with van der Waals surface area (Å²) in [6.07, 6.45) is -0.231. The van der Waals surface area contributed by atoms with Crippen LogP contribution >= 0.6 is 15.9 Å². The molecule has 3 rings (SSSR count). The predicted molar refractivity (Wildman–Crippen MR) is 286 cm³/mol. The molecule has 2 aromatic rings. The molecule has 19 heteroatoms. The maximum atomic E-state index is 14.5. The maximum Gasteiger partial charge on any atom is 0.338 e. The summed E-state index contributed by atoms with van der Waals surface area (Å²) in [7, 11) is 8.48. The maximum absolute atomic E-state index is 14.5. The zero-order chi connectivity index (χ0) is 54.7. The SMILES string of the molecule is CC[C@H](C)[C@@H]([C@@H](CC(=O)N1CCC[C@H]1[C@H](OC)[C@@H](C)C(=O)N[C@H](C)[C@@H](OC(=O)c1ccc(C(C)=NNC(=O)CCNC(=O)CBr)cc1)c1ccccc1)OC)N(C)C(=O)[C@@H](NC(=O)[C@H](C(C)C)N(C)C)C(C)C. The highest BCUT2D eigenvalue weighted by Crippen LogP contribution is 2.31. The lowest BCUT2D eigenvalue weighted by molar-refractivity contribution is -0.148. The van der Waals surface area contributed by atoms with Crippen molar-refractivity contribution < 1.29 is 47.8 Å². The Kier molecular flexibility index (Phi) is 25.7. The molecule has 1 aliphatic rings. The molecule has 0 radical (unpaired) electrons. The molecule has 406 valence electrons. The Hall–Kier alpha value is -5.24. The van der Waals surface area contributed by atoms with Gasteiger partial charge in [0.15, 0.2) is 0 Å². The van der Waals surface area contributed by atoms with Crippen molar-refractivity contribution in [2.45, 2.75) is 143 Å². The van der Waals surface area contributed by atoms with Crippen molar-refractivity contribution >= 4 is 63.1 Å². The van der Waals surface area contributed by atoms with Gasteiger partial charge in [0.2, 0.25) is 35.4 Å². The standard InChI is InChI=1S/C54H83BrN8O10/c1-15-34(6)48(62(12)53(69)46(32(2)3)58-52(68)47(33(4)5)61(10)11)42(71-13)30-45(66)63-29-19-22-41(63)49(72-14)35(7)51(67)57-37(9)50(39-20-17-16-18-21-39)73-54(70)40-25-23-38(24-26-40)36(8)59-60-43(64)27-28-56-44(65)31-55/h16-18,20-21,23-26,32-35,37,41-42,46-50H,15,19,22,27-31H2,1-14H3,(H,56,65)(H,57,67)(H,58,68)(H,60,64)/t34-,35+,37+,41-,42+,46-,47-,48-,49+,50+/m0/s1. The summed E-state index contributed by atoms with van der Waals surface area (Å²) in [6.45, 7) is 17.7. The molecule has 1 saturated heterocycles. The van der Waals surface area contributed by atoms with Crippen LogP contribution in [0.2, 0.25) is 0 Å². The van der Waals surface area contributed by atoms with Crippen LogP contribution in [-0.2, 0) is 43.0 Å². The molecule has 0 aliphatic carbocycles. The topological polar surface area (TPSA) is 217 Å². The van der Waals surface area contributed by atoms with Gasteiger partial charge in [-0.25, -0.2) is 10.2 Å². The Balaban J connectivity index is 1.76. The molecule has 0 saturated carbocycles. The van der Waals surface area contributed by atoms with E-state index < -0.39 is 60.4 Å². The summed E-state index contributed by atoms with van der Waals surface area (Å²) < 4.78 is 18.3. The first-order valence-electron chi connectivity index (χ1n) is 25.4. The fourth-order valence-electron chi connectivity index (χ4n) is 9.60. The normalized spacial score (nSPS) is 17.6. The summed E-state index contributed by atoms with van der Waals surface area (Å²) in [5.41, 5.74) is 4.55. The lowest BCUT2D eigenvalue weighted by atomic mass is 9.89. The Morgan fingerprint density at radius 3 is 2.00 bits per heavy atom. The van der Waals surface area contributed by atoms with Gasteiger partial charge in [-0.05, 0) is 81.8 Å². The molecule has 6 amide bonds. The molecule has 2 aromatic carbocycles. The van der Waals surface area contributed by atoms with E-state index in [1.807, 2.05) is 90.9 Å². The minimum absolute atomic E-state index is 0.0169. The van der Waals surface area contributed by atoms with E-state index in [1.165, 1.54) is 7.11 Å². The molecule has 73 heavy (non-hydrogen) atoms. The number of likely N-dealkylation sites (N-methyl/N-ethyl adjacent to an activating group) is 2.